The Bertz CT molecular complexity index is 2420. The number of nitrogens with zero attached hydrogens (tertiary/aromatic N) is 8. The fourth-order valence-electron chi connectivity index (χ4n) is 6.37. The summed E-state index contributed by atoms with van der Waals surface area (Å²) in [5.74, 6) is 2.22. The SMILES string of the molecule is COc1ccc(Cn2cc3c(n2)COC(C)c2sc(N)nc2-3)cc1.COc1ccc(Cn2cc3c(n2)COC(C)c2sc(Nc4nccc(C)n4)nc2-3)cc1. The summed E-state index contributed by atoms with van der Waals surface area (Å²) in [6.45, 7) is 8.28. The van der Waals surface area contributed by atoms with Crippen molar-refractivity contribution >= 4 is 38.9 Å². The molecule has 7 heterocycles. The molecule has 2 aliphatic rings. The molecule has 2 aromatic carbocycles. The largest absolute Gasteiger partial charge is 0.497 e. The quantitative estimate of drug-likeness (QED) is 0.155. The van der Waals surface area contributed by atoms with Crippen LogP contribution in [0.4, 0.5) is 16.2 Å². The second-order valence-corrected chi connectivity index (χ2v) is 15.2. The second-order valence-electron chi connectivity index (χ2n) is 13.1. The lowest BCUT2D eigenvalue weighted by atomic mass is 10.1. The van der Waals surface area contributed by atoms with Crippen molar-refractivity contribution in [1.29, 1.82) is 0 Å². The molecule has 7 aromatic rings. The number of methoxy groups -OCH3 is 2. The van der Waals surface area contributed by atoms with Crippen molar-refractivity contribution in [1.82, 2.24) is 39.5 Å². The molecule has 2 unspecified atom stereocenters. The van der Waals surface area contributed by atoms with Crippen molar-refractivity contribution in [2.45, 2.75) is 59.3 Å². The van der Waals surface area contributed by atoms with Gasteiger partial charge in [0.2, 0.25) is 5.95 Å². The molecular weight excluding hydrogens is 737 g/mol. The van der Waals surface area contributed by atoms with Crippen molar-refractivity contribution in [3.05, 3.63) is 111 Å². The highest BCUT2D eigenvalue weighted by Gasteiger charge is 2.28. The Morgan fingerprint density at radius 1 is 0.745 bits per heavy atom. The van der Waals surface area contributed by atoms with E-state index < -0.39 is 0 Å². The third kappa shape index (κ3) is 7.93. The number of thiazole rings is 2. The monoisotopic (exact) mass is 776 g/mol. The van der Waals surface area contributed by atoms with E-state index in [0.717, 1.165) is 77.1 Å². The number of hydrogen-bond acceptors (Lipinski definition) is 14. The average molecular weight is 777 g/mol. The van der Waals surface area contributed by atoms with E-state index in [-0.39, 0.29) is 12.2 Å². The van der Waals surface area contributed by atoms with E-state index in [2.05, 4.69) is 25.4 Å². The van der Waals surface area contributed by atoms with Crippen LogP contribution in [-0.2, 0) is 35.8 Å². The molecule has 282 valence electrons. The lowest BCUT2D eigenvalue weighted by Crippen LogP contribution is -2.03. The molecule has 55 heavy (non-hydrogen) atoms. The fraction of sp³-hybridized carbons (Fsp3) is 0.282. The maximum absolute atomic E-state index is 6.05. The second kappa shape index (κ2) is 15.6. The zero-order valence-electron chi connectivity index (χ0n) is 31.0. The maximum Gasteiger partial charge on any atom is 0.229 e. The highest BCUT2D eigenvalue weighted by Crippen LogP contribution is 2.42. The van der Waals surface area contributed by atoms with Gasteiger partial charge in [-0.2, -0.15) is 10.2 Å². The number of fused-ring (bicyclic) bond motifs is 6. The molecule has 5 aromatic heterocycles. The minimum Gasteiger partial charge on any atom is -0.497 e. The smallest absolute Gasteiger partial charge is 0.229 e. The van der Waals surface area contributed by atoms with E-state index in [1.165, 1.54) is 11.3 Å². The predicted octanol–water partition coefficient (Wildman–Crippen LogP) is 7.73. The van der Waals surface area contributed by atoms with Crippen molar-refractivity contribution in [2.75, 3.05) is 25.3 Å². The zero-order valence-corrected chi connectivity index (χ0v) is 32.6. The van der Waals surface area contributed by atoms with Crippen LogP contribution in [0.25, 0.3) is 22.5 Å². The van der Waals surface area contributed by atoms with Gasteiger partial charge in [0.05, 0.1) is 85.3 Å². The summed E-state index contributed by atoms with van der Waals surface area (Å²) in [5.41, 5.74) is 14.7. The summed E-state index contributed by atoms with van der Waals surface area (Å²) in [5, 5.41) is 14.0. The van der Waals surface area contributed by atoms with Crippen LogP contribution < -0.4 is 20.5 Å². The topological polar surface area (TPSA) is 162 Å². The van der Waals surface area contributed by atoms with Gasteiger partial charge in [0.15, 0.2) is 10.3 Å². The van der Waals surface area contributed by atoms with Crippen LogP contribution in [-0.4, -0.2) is 53.7 Å². The molecule has 0 saturated heterocycles. The summed E-state index contributed by atoms with van der Waals surface area (Å²) in [7, 11) is 3.33. The summed E-state index contributed by atoms with van der Waals surface area (Å²) < 4.78 is 26.2. The standard InChI is InChI=1S/C22H22N6O2S.C17H18N4O2S/c1-13-8-9-23-21(24-13)26-22-25-19-17-11-28(10-15-4-6-16(29-3)7-5-15)27-18(17)12-30-14(2)20(19)31-22;1-10-16-15(19-17(18)24-16)13-8-21(20-14(13)9-23-10)7-11-3-5-12(22-2)6-4-11/h4-9,11,14H,10,12H2,1-3H3,(H,23,24,25,26);3-6,8,10H,7,9H2,1-2H3,(H2,18,19). The highest BCUT2D eigenvalue weighted by molar-refractivity contribution is 7.16. The molecule has 0 spiro atoms. The van der Waals surface area contributed by atoms with Crippen molar-refractivity contribution < 1.29 is 18.9 Å². The molecule has 0 aliphatic carbocycles. The normalized spacial score (nSPS) is 15.7. The minimum absolute atomic E-state index is 0.0148. The number of anilines is 3. The summed E-state index contributed by atoms with van der Waals surface area (Å²) in [4.78, 5) is 20.2. The summed E-state index contributed by atoms with van der Waals surface area (Å²) >= 11 is 3.04. The first kappa shape index (κ1) is 36.3. The van der Waals surface area contributed by atoms with Crippen LogP contribution in [0.1, 0.15) is 64.0 Å². The van der Waals surface area contributed by atoms with Crippen molar-refractivity contribution in [2.24, 2.45) is 0 Å². The molecular formula is C39H40N10O4S2. The first-order chi connectivity index (χ1) is 26.7. The molecule has 2 atom stereocenters. The number of rotatable bonds is 8. The predicted molar refractivity (Wildman–Crippen MR) is 212 cm³/mol. The molecule has 14 nitrogen and oxygen atoms in total. The number of hydrogen-bond donors (Lipinski definition) is 2. The van der Waals surface area contributed by atoms with E-state index in [1.807, 2.05) is 97.1 Å². The lowest BCUT2D eigenvalue weighted by molar-refractivity contribution is 0.0547. The fourth-order valence-corrected chi connectivity index (χ4v) is 8.19. The Morgan fingerprint density at radius 3 is 1.80 bits per heavy atom. The number of benzene rings is 2. The molecule has 9 rings (SSSR count). The van der Waals surface area contributed by atoms with Gasteiger partial charge in [-0.25, -0.2) is 19.9 Å². The molecule has 0 fully saturated rings. The number of ether oxygens (including phenoxy) is 4. The lowest BCUT2D eigenvalue weighted by Gasteiger charge is -2.08. The van der Waals surface area contributed by atoms with Crippen LogP contribution in [0.5, 0.6) is 11.5 Å². The van der Waals surface area contributed by atoms with Gasteiger partial charge < -0.3 is 30.0 Å². The molecule has 0 saturated carbocycles. The van der Waals surface area contributed by atoms with Crippen LogP contribution in [0, 0.1) is 6.92 Å². The molecule has 0 bridgehead atoms. The third-order valence-corrected chi connectivity index (χ3v) is 11.4. The van der Waals surface area contributed by atoms with E-state index in [4.69, 9.17) is 34.8 Å². The zero-order chi connectivity index (χ0) is 38.1. The summed E-state index contributed by atoms with van der Waals surface area (Å²) in [6, 6.07) is 17.8. The van der Waals surface area contributed by atoms with E-state index in [1.54, 1.807) is 31.8 Å². The van der Waals surface area contributed by atoms with Gasteiger partial charge in [-0.15, -0.1) is 0 Å². The van der Waals surface area contributed by atoms with Gasteiger partial charge in [-0.05, 0) is 62.2 Å². The molecule has 2 aliphatic heterocycles. The number of aromatic nitrogens is 8. The van der Waals surface area contributed by atoms with Gasteiger partial charge in [-0.3, -0.25) is 9.36 Å². The molecule has 3 N–H and O–H groups in total. The van der Waals surface area contributed by atoms with Gasteiger partial charge in [0, 0.05) is 35.4 Å². The van der Waals surface area contributed by atoms with Crippen LogP contribution >= 0.6 is 22.7 Å². The Balaban J connectivity index is 0.000000160. The van der Waals surface area contributed by atoms with Crippen molar-refractivity contribution in [3.8, 4) is 34.0 Å². The minimum atomic E-state index is -0.0642. The summed E-state index contributed by atoms with van der Waals surface area (Å²) in [6.07, 6.45) is 5.73. The highest BCUT2D eigenvalue weighted by atomic mass is 32.1. The van der Waals surface area contributed by atoms with E-state index in [9.17, 15) is 0 Å². The number of nitrogens with one attached hydrogen (secondary N) is 1. The number of nitrogen functional groups attached to an aromatic ring is 1. The molecule has 0 amide bonds. The Labute approximate surface area is 326 Å². The first-order valence-corrected chi connectivity index (χ1v) is 19.3. The Morgan fingerprint density at radius 2 is 1.27 bits per heavy atom. The van der Waals surface area contributed by atoms with Crippen LogP contribution in [0.15, 0.2) is 73.2 Å². The van der Waals surface area contributed by atoms with Crippen LogP contribution in [0.2, 0.25) is 0 Å². The average Bonchev–Trinajstić information content (AvgIpc) is 3.96. The van der Waals surface area contributed by atoms with Crippen molar-refractivity contribution in [3.63, 3.8) is 0 Å². The number of aryl methyl sites for hydroxylation is 1. The Hall–Kier alpha value is -5.68. The Kier molecular flexibility index (Phi) is 10.3. The first-order valence-electron chi connectivity index (χ1n) is 17.7. The third-order valence-electron chi connectivity index (χ3n) is 9.21. The van der Waals surface area contributed by atoms with Gasteiger partial charge in [-0.1, -0.05) is 46.9 Å². The molecule has 0 radical (unpaired) electrons. The van der Waals surface area contributed by atoms with Gasteiger partial charge >= 0.3 is 0 Å². The van der Waals surface area contributed by atoms with Gasteiger partial charge in [0.1, 0.15) is 11.5 Å². The van der Waals surface area contributed by atoms with Crippen LogP contribution in [0.3, 0.4) is 0 Å². The molecule has 16 heteroatoms. The van der Waals surface area contributed by atoms with E-state index >= 15 is 0 Å². The number of nitrogens with two attached hydrogens (primary N) is 1. The maximum atomic E-state index is 6.05. The van der Waals surface area contributed by atoms with Gasteiger partial charge in [0.25, 0.3) is 0 Å². The van der Waals surface area contributed by atoms with E-state index in [0.29, 0.717) is 37.4 Å².